The molecule has 0 aliphatic carbocycles. The van der Waals surface area contributed by atoms with E-state index in [2.05, 4.69) is 10.1 Å². The van der Waals surface area contributed by atoms with Crippen LogP contribution in [0.1, 0.15) is 38.1 Å². The molecule has 2 rings (SSSR count). The molecule has 1 N–H and O–H groups in total. The third-order valence-electron chi connectivity index (χ3n) is 3.73. The number of benzene rings is 1. The highest BCUT2D eigenvalue weighted by Crippen LogP contribution is 2.21. The van der Waals surface area contributed by atoms with E-state index >= 15 is 0 Å². The van der Waals surface area contributed by atoms with E-state index in [1.807, 2.05) is 13.8 Å². The Balaban J connectivity index is 2.34. The van der Waals surface area contributed by atoms with E-state index in [4.69, 9.17) is 9.15 Å². The minimum atomic E-state index is -0.857. The van der Waals surface area contributed by atoms with Crippen molar-refractivity contribution in [3.8, 4) is 5.75 Å². The Bertz CT molecular complexity index is 868. The molecular formula is C19H23NO6. The fourth-order valence-corrected chi connectivity index (χ4v) is 2.44. The molecule has 1 heterocycles. The third-order valence-corrected chi connectivity index (χ3v) is 3.73. The molecule has 1 atom stereocenters. The number of fused-ring (bicyclic) bond motifs is 1. The van der Waals surface area contributed by atoms with Crippen molar-refractivity contribution >= 4 is 22.8 Å². The Morgan fingerprint density at radius 3 is 2.38 bits per heavy atom. The molecule has 1 aromatic heterocycles. The van der Waals surface area contributed by atoms with Crippen molar-refractivity contribution in [3.05, 3.63) is 40.2 Å². The minimum absolute atomic E-state index is 0.0180. The van der Waals surface area contributed by atoms with Crippen molar-refractivity contribution in [2.45, 2.75) is 39.8 Å². The first-order chi connectivity index (χ1) is 12.2. The van der Waals surface area contributed by atoms with Gasteiger partial charge in [-0.25, -0.2) is 9.59 Å². The van der Waals surface area contributed by atoms with Crippen LogP contribution in [0.5, 0.6) is 5.75 Å². The third kappa shape index (κ3) is 4.41. The normalized spacial score (nSPS) is 12.3. The second-order valence-electron chi connectivity index (χ2n) is 6.53. The summed E-state index contributed by atoms with van der Waals surface area (Å²) < 4.78 is 15.5. The molecule has 0 unspecified atom stereocenters. The Morgan fingerprint density at radius 1 is 1.12 bits per heavy atom. The van der Waals surface area contributed by atoms with Gasteiger partial charge in [0.1, 0.15) is 22.9 Å². The lowest BCUT2D eigenvalue weighted by Gasteiger charge is -2.19. The quantitative estimate of drug-likeness (QED) is 0.627. The van der Waals surface area contributed by atoms with E-state index in [1.54, 1.807) is 32.0 Å². The maximum absolute atomic E-state index is 12.5. The number of esters is 1. The predicted octanol–water partition coefficient (Wildman–Crippen LogP) is 2.51. The van der Waals surface area contributed by atoms with Crippen LogP contribution in [0.25, 0.3) is 11.0 Å². The number of carbonyl (C=O) groups excluding carboxylic acids is 2. The molecule has 1 amide bonds. The standard InChI is InChI=1S/C19H23NO6/c1-10(2)16(19(23)24-5)20-17(21)14-8-12-6-7-13(25-11(3)4)9-15(12)26-18(14)22/h6-11,16H,1-5H3,(H,20,21)/t16-/m0/s1. The summed E-state index contributed by atoms with van der Waals surface area (Å²) in [6, 6.07) is 5.61. The summed E-state index contributed by atoms with van der Waals surface area (Å²) in [6.45, 7) is 7.31. The van der Waals surface area contributed by atoms with Gasteiger partial charge in [0, 0.05) is 11.5 Å². The van der Waals surface area contributed by atoms with Gasteiger partial charge in [0.15, 0.2) is 0 Å². The SMILES string of the molecule is COC(=O)[C@@H](NC(=O)c1cc2ccc(OC(C)C)cc2oc1=O)C(C)C. The number of carbonyl (C=O) groups is 2. The number of methoxy groups -OCH3 is 1. The van der Waals surface area contributed by atoms with E-state index in [9.17, 15) is 14.4 Å². The van der Waals surface area contributed by atoms with Gasteiger partial charge in [-0.05, 0) is 38.0 Å². The van der Waals surface area contributed by atoms with Gasteiger partial charge in [0.25, 0.3) is 5.91 Å². The van der Waals surface area contributed by atoms with E-state index in [0.29, 0.717) is 16.7 Å². The lowest BCUT2D eigenvalue weighted by Crippen LogP contribution is -2.46. The first kappa shape index (κ1) is 19.5. The maximum atomic E-state index is 12.5. The zero-order valence-corrected chi connectivity index (χ0v) is 15.5. The Hall–Kier alpha value is -2.83. The van der Waals surface area contributed by atoms with Crippen LogP contribution < -0.4 is 15.7 Å². The second-order valence-corrected chi connectivity index (χ2v) is 6.53. The van der Waals surface area contributed by atoms with Crippen molar-refractivity contribution in [2.75, 3.05) is 7.11 Å². The largest absolute Gasteiger partial charge is 0.491 e. The van der Waals surface area contributed by atoms with Gasteiger partial charge in [0.2, 0.25) is 0 Å². The van der Waals surface area contributed by atoms with E-state index in [1.165, 1.54) is 13.2 Å². The van der Waals surface area contributed by atoms with Crippen molar-refractivity contribution in [3.63, 3.8) is 0 Å². The number of amides is 1. The van der Waals surface area contributed by atoms with Crippen LogP contribution in [-0.2, 0) is 9.53 Å². The van der Waals surface area contributed by atoms with Gasteiger partial charge in [-0.3, -0.25) is 4.79 Å². The van der Waals surface area contributed by atoms with Gasteiger partial charge >= 0.3 is 11.6 Å². The van der Waals surface area contributed by atoms with Crippen LogP contribution >= 0.6 is 0 Å². The number of nitrogens with one attached hydrogen (secondary N) is 1. The average Bonchev–Trinajstić information content (AvgIpc) is 2.57. The fourth-order valence-electron chi connectivity index (χ4n) is 2.44. The summed E-state index contributed by atoms with van der Waals surface area (Å²) in [7, 11) is 1.24. The molecule has 26 heavy (non-hydrogen) atoms. The molecule has 7 heteroatoms. The maximum Gasteiger partial charge on any atom is 0.349 e. The molecule has 0 radical (unpaired) electrons. The first-order valence-electron chi connectivity index (χ1n) is 8.36. The molecule has 0 saturated heterocycles. The van der Waals surface area contributed by atoms with Gasteiger partial charge in [-0.2, -0.15) is 0 Å². The van der Waals surface area contributed by atoms with Crippen molar-refractivity contribution in [1.82, 2.24) is 5.32 Å². The Kier molecular flexibility index (Phi) is 6.02. The van der Waals surface area contributed by atoms with Crippen LogP contribution in [-0.4, -0.2) is 31.1 Å². The van der Waals surface area contributed by atoms with Crippen LogP contribution in [0, 0.1) is 5.92 Å². The van der Waals surface area contributed by atoms with Gasteiger partial charge in [0.05, 0.1) is 13.2 Å². The van der Waals surface area contributed by atoms with Crippen LogP contribution in [0.3, 0.4) is 0 Å². The van der Waals surface area contributed by atoms with Gasteiger partial charge in [-0.15, -0.1) is 0 Å². The summed E-state index contributed by atoms with van der Waals surface area (Å²) >= 11 is 0. The Labute approximate surface area is 151 Å². The highest BCUT2D eigenvalue weighted by Gasteiger charge is 2.26. The molecule has 0 fully saturated rings. The predicted molar refractivity (Wildman–Crippen MR) is 96.4 cm³/mol. The molecule has 0 spiro atoms. The number of rotatable bonds is 6. The van der Waals surface area contributed by atoms with Crippen molar-refractivity contribution in [1.29, 1.82) is 0 Å². The van der Waals surface area contributed by atoms with Gasteiger partial charge < -0.3 is 19.2 Å². The highest BCUT2D eigenvalue weighted by molar-refractivity contribution is 5.98. The van der Waals surface area contributed by atoms with Gasteiger partial charge in [-0.1, -0.05) is 13.8 Å². The molecule has 0 bridgehead atoms. The topological polar surface area (TPSA) is 94.8 Å². The number of ether oxygens (including phenoxy) is 2. The van der Waals surface area contributed by atoms with E-state index in [0.717, 1.165) is 0 Å². The van der Waals surface area contributed by atoms with Crippen LogP contribution in [0.2, 0.25) is 0 Å². The second kappa shape index (κ2) is 8.03. The van der Waals surface area contributed by atoms with Crippen LogP contribution in [0.4, 0.5) is 0 Å². The molecule has 1 aromatic carbocycles. The summed E-state index contributed by atoms with van der Waals surface area (Å²) in [5.74, 6) is -0.894. The highest BCUT2D eigenvalue weighted by atomic mass is 16.5. The zero-order valence-electron chi connectivity index (χ0n) is 15.5. The first-order valence-corrected chi connectivity index (χ1v) is 8.36. The fraction of sp³-hybridized carbons (Fsp3) is 0.421. The zero-order chi connectivity index (χ0) is 19.4. The Morgan fingerprint density at radius 2 is 1.81 bits per heavy atom. The molecule has 140 valence electrons. The lowest BCUT2D eigenvalue weighted by atomic mass is 10.0. The molecule has 0 aliphatic rings. The smallest absolute Gasteiger partial charge is 0.349 e. The molecular weight excluding hydrogens is 338 g/mol. The lowest BCUT2D eigenvalue weighted by molar-refractivity contribution is -0.144. The van der Waals surface area contributed by atoms with E-state index in [-0.39, 0.29) is 17.6 Å². The van der Waals surface area contributed by atoms with Crippen LogP contribution in [0.15, 0.2) is 33.5 Å². The van der Waals surface area contributed by atoms with Crippen molar-refractivity contribution in [2.24, 2.45) is 5.92 Å². The minimum Gasteiger partial charge on any atom is -0.491 e. The molecule has 7 nitrogen and oxygen atoms in total. The van der Waals surface area contributed by atoms with Crippen molar-refractivity contribution < 1.29 is 23.5 Å². The molecule has 0 saturated carbocycles. The van der Waals surface area contributed by atoms with E-state index < -0.39 is 23.5 Å². The summed E-state index contributed by atoms with van der Waals surface area (Å²) in [5, 5.41) is 3.10. The number of hydrogen-bond donors (Lipinski definition) is 1. The average molecular weight is 361 g/mol. The summed E-state index contributed by atoms with van der Waals surface area (Å²) in [5.41, 5.74) is -0.647. The summed E-state index contributed by atoms with van der Waals surface area (Å²) in [6.07, 6.45) is -0.0180. The molecule has 2 aromatic rings. The summed E-state index contributed by atoms with van der Waals surface area (Å²) in [4.78, 5) is 36.5. The number of hydrogen-bond acceptors (Lipinski definition) is 6. The molecule has 0 aliphatic heterocycles. The monoisotopic (exact) mass is 361 g/mol.